The highest BCUT2D eigenvalue weighted by Crippen LogP contribution is 2.45. The van der Waals surface area contributed by atoms with E-state index in [0.29, 0.717) is 25.7 Å². The number of aliphatic hydroxyl groups excluding tert-OH is 1. The van der Waals surface area contributed by atoms with Crippen LogP contribution in [0.5, 0.6) is 0 Å². The predicted molar refractivity (Wildman–Crippen MR) is 423 cm³/mol. The molecule has 0 aliphatic heterocycles. The number of aliphatic hydroxyl groups is 1. The standard InChI is InChI=1S/C84H164O17P2/c1-6-9-12-15-17-19-21-23-25-26-27-28-29-30-35-39-43-47-51-55-60-65-70-84(89)101-80(74-95-82(87)68-63-58-53-49-45-41-38-34-32-31-33-37-40-44-48-52-57-61-66-77(4)5)76-99-103(92,93)97-72-78(85)71-96-102(90,91)98-75-79(73-94-81(86)67-62-56-14-11-8-3)100-83(88)69-64-59-54-50-46-42-36-24-22-20-18-16-13-10-7-2/h77-80,85H,6-76H2,1-5H3,(H,90,91)(H,92,93)/t78-,79+,80+/m0/s1. The molecular formula is C84H164O17P2. The number of hydrogen-bond acceptors (Lipinski definition) is 15. The molecule has 103 heavy (non-hydrogen) atoms. The van der Waals surface area contributed by atoms with Gasteiger partial charge in [0.25, 0.3) is 0 Å². The average molecular weight is 1510 g/mol. The highest BCUT2D eigenvalue weighted by molar-refractivity contribution is 7.47. The Bertz CT molecular complexity index is 1960. The first-order valence-corrected chi connectivity index (χ1v) is 46.6. The van der Waals surface area contributed by atoms with Crippen LogP contribution in [0.4, 0.5) is 0 Å². The highest BCUT2D eigenvalue weighted by atomic mass is 31.2. The van der Waals surface area contributed by atoms with E-state index in [0.717, 1.165) is 102 Å². The summed E-state index contributed by atoms with van der Waals surface area (Å²) in [7, 11) is -9.91. The molecule has 3 N–H and O–H groups in total. The van der Waals surface area contributed by atoms with Gasteiger partial charge in [0.2, 0.25) is 0 Å². The number of carbonyl (C=O) groups is 4. The molecule has 0 amide bonds. The molecule has 17 nitrogen and oxygen atoms in total. The molecule has 0 saturated carbocycles. The third-order valence-electron chi connectivity index (χ3n) is 19.8. The lowest BCUT2D eigenvalue weighted by Crippen LogP contribution is -2.30. The molecule has 0 radical (unpaired) electrons. The minimum atomic E-state index is -4.96. The fourth-order valence-corrected chi connectivity index (χ4v) is 14.7. The van der Waals surface area contributed by atoms with Crippen LogP contribution in [0.1, 0.15) is 452 Å². The first-order chi connectivity index (χ1) is 50.0. The van der Waals surface area contributed by atoms with E-state index in [2.05, 4.69) is 34.6 Å². The van der Waals surface area contributed by atoms with Crippen LogP contribution < -0.4 is 0 Å². The lowest BCUT2D eigenvalue weighted by atomic mass is 10.0. The van der Waals surface area contributed by atoms with Gasteiger partial charge in [-0.1, -0.05) is 401 Å². The molecule has 19 heteroatoms. The van der Waals surface area contributed by atoms with E-state index < -0.39 is 97.5 Å². The summed E-state index contributed by atoms with van der Waals surface area (Å²) in [4.78, 5) is 72.8. The smallest absolute Gasteiger partial charge is 0.462 e. The van der Waals surface area contributed by atoms with Gasteiger partial charge in [-0.3, -0.25) is 37.3 Å². The second-order valence-corrected chi connectivity index (χ2v) is 33.6. The molecule has 0 aromatic carbocycles. The second kappa shape index (κ2) is 76.8. The largest absolute Gasteiger partial charge is 0.472 e. The van der Waals surface area contributed by atoms with Gasteiger partial charge in [0.15, 0.2) is 12.2 Å². The summed E-state index contributed by atoms with van der Waals surface area (Å²) < 4.78 is 68.6. The summed E-state index contributed by atoms with van der Waals surface area (Å²) >= 11 is 0. The summed E-state index contributed by atoms with van der Waals surface area (Å²) in [5, 5.41) is 10.6. The van der Waals surface area contributed by atoms with Crippen LogP contribution in [0.2, 0.25) is 0 Å². The lowest BCUT2D eigenvalue weighted by molar-refractivity contribution is -0.161. The van der Waals surface area contributed by atoms with Crippen LogP contribution >= 0.6 is 15.6 Å². The third kappa shape index (κ3) is 78.0. The second-order valence-electron chi connectivity index (χ2n) is 30.7. The van der Waals surface area contributed by atoms with Crippen molar-refractivity contribution >= 4 is 39.5 Å². The third-order valence-corrected chi connectivity index (χ3v) is 21.7. The molecule has 0 aliphatic rings. The van der Waals surface area contributed by atoms with Crippen molar-refractivity contribution in [1.82, 2.24) is 0 Å². The number of hydrogen-bond donors (Lipinski definition) is 3. The molecule has 612 valence electrons. The van der Waals surface area contributed by atoms with Gasteiger partial charge in [-0.05, 0) is 31.6 Å². The Kier molecular flexibility index (Phi) is 75.4. The van der Waals surface area contributed by atoms with Crippen LogP contribution in [0, 0.1) is 5.92 Å². The van der Waals surface area contributed by atoms with Crippen molar-refractivity contribution in [2.75, 3.05) is 39.6 Å². The molecule has 0 fully saturated rings. The Labute approximate surface area is 632 Å². The molecule has 0 saturated heterocycles. The van der Waals surface area contributed by atoms with E-state index in [4.69, 9.17) is 37.0 Å². The Morgan fingerprint density at radius 2 is 0.447 bits per heavy atom. The van der Waals surface area contributed by atoms with Crippen molar-refractivity contribution in [3.05, 3.63) is 0 Å². The average Bonchev–Trinajstić information content (AvgIpc) is 0.976. The summed E-state index contributed by atoms with van der Waals surface area (Å²) in [5.74, 6) is -1.29. The lowest BCUT2D eigenvalue weighted by Gasteiger charge is -2.21. The first kappa shape index (κ1) is 101. The molecular weight excluding hydrogens is 1340 g/mol. The molecule has 0 aromatic heterocycles. The molecule has 0 aromatic rings. The van der Waals surface area contributed by atoms with E-state index in [1.165, 1.54) is 270 Å². The Hall–Kier alpha value is -1.94. The predicted octanol–water partition coefficient (Wildman–Crippen LogP) is 25.6. The molecule has 0 spiro atoms. The van der Waals surface area contributed by atoms with Crippen molar-refractivity contribution in [3.8, 4) is 0 Å². The van der Waals surface area contributed by atoms with Crippen LogP contribution in [0.3, 0.4) is 0 Å². The topological polar surface area (TPSA) is 237 Å². The van der Waals surface area contributed by atoms with E-state index in [9.17, 15) is 43.2 Å². The van der Waals surface area contributed by atoms with Crippen LogP contribution in [0.25, 0.3) is 0 Å². The van der Waals surface area contributed by atoms with Crippen LogP contribution in [-0.2, 0) is 65.4 Å². The van der Waals surface area contributed by atoms with Gasteiger partial charge in [-0.25, -0.2) is 9.13 Å². The fourth-order valence-electron chi connectivity index (χ4n) is 13.1. The zero-order valence-electron chi connectivity index (χ0n) is 67.5. The van der Waals surface area contributed by atoms with Gasteiger partial charge in [0.05, 0.1) is 26.4 Å². The summed E-state index contributed by atoms with van der Waals surface area (Å²) in [6.07, 6.45) is 70.0. The van der Waals surface area contributed by atoms with E-state index in [1.807, 2.05) is 0 Å². The quantitative estimate of drug-likeness (QED) is 0.0222. The van der Waals surface area contributed by atoms with Gasteiger partial charge < -0.3 is 33.8 Å². The number of esters is 4. The molecule has 2 unspecified atom stereocenters. The van der Waals surface area contributed by atoms with Crippen LogP contribution in [0.15, 0.2) is 0 Å². The summed E-state index contributed by atoms with van der Waals surface area (Å²) in [6.45, 7) is 7.29. The number of unbranched alkanes of at least 4 members (excludes halogenated alkanes) is 56. The maximum Gasteiger partial charge on any atom is 0.472 e. The van der Waals surface area contributed by atoms with Gasteiger partial charge in [0, 0.05) is 25.7 Å². The molecule has 0 bridgehead atoms. The van der Waals surface area contributed by atoms with E-state index in [-0.39, 0.29) is 25.7 Å². The SMILES string of the molecule is CCCCCCCCCCCCCCCCCCCCCCCCC(=O)O[C@H](COC(=O)CCCCCCCCCCCCCCCCCCCCC(C)C)COP(=O)(O)OC[C@@H](O)COP(=O)(O)OC[C@@H](COC(=O)CCCCCCC)OC(=O)CCCCCCCCCCCCCCCCC. The Morgan fingerprint density at radius 1 is 0.262 bits per heavy atom. The van der Waals surface area contributed by atoms with Crippen LogP contribution in [-0.4, -0.2) is 96.7 Å². The van der Waals surface area contributed by atoms with Crippen molar-refractivity contribution in [1.29, 1.82) is 0 Å². The van der Waals surface area contributed by atoms with Gasteiger partial charge in [-0.2, -0.15) is 0 Å². The Balaban J connectivity index is 5.10. The van der Waals surface area contributed by atoms with Gasteiger partial charge in [0.1, 0.15) is 19.3 Å². The summed E-state index contributed by atoms with van der Waals surface area (Å²) in [5.41, 5.74) is 0. The zero-order valence-corrected chi connectivity index (χ0v) is 69.3. The minimum Gasteiger partial charge on any atom is -0.462 e. The maximum absolute atomic E-state index is 13.1. The fraction of sp³-hybridized carbons (Fsp3) is 0.952. The monoisotopic (exact) mass is 1510 g/mol. The minimum absolute atomic E-state index is 0.108. The van der Waals surface area contributed by atoms with Gasteiger partial charge in [-0.15, -0.1) is 0 Å². The number of rotatable bonds is 84. The van der Waals surface area contributed by atoms with E-state index >= 15 is 0 Å². The molecule has 0 heterocycles. The normalized spacial score (nSPS) is 13.8. The van der Waals surface area contributed by atoms with Gasteiger partial charge >= 0.3 is 39.5 Å². The molecule has 0 aliphatic carbocycles. The van der Waals surface area contributed by atoms with Crippen molar-refractivity contribution < 1.29 is 80.2 Å². The van der Waals surface area contributed by atoms with Crippen molar-refractivity contribution in [2.24, 2.45) is 5.92 Å². The first-order valence-electron chi connectivity index (χ1n) is 43.6. The van der Waals surface area contributed by atoms with Crippen molar-refractivity contribution in [3.63, 3.8) is 0 Å². The van der Waals surface area contributed by atoms with E-state index in [1.54, 1.807) is 0 Å². The number of carbonyl (C=O) groups excluding carboxylic acids is 4. The number of phosphoric acid groups is 2. The Morgan fingerprint density at radius 3 is 0.660 bits per heavy atom. The molecule has 5 atom stereocenters. The number of ether oxygens (including phenoxy) is 4. The summed E-state index contributed by atoms with van der Waals surface area (Å²) in [6, 6.07) is 0. The van der Waals surface area contributed by atoms with Crippen molar-refractivity contribution in [2.45, 2.75) is 470 Å². The molecule has 0 rings (SSSR count). The highest BCUT2D eigenvalue weighted by Gasteiger charge is 2.30. The zero-order chi connectivity index (χ0) is 75.5. The maximum atomic E-state index is 13.1. The number of phosphoric ester groups is 2.